The number of benzene rings is 1. The molecule has 0 radical (unpaired) electrons. The molecule has 17 heteroatoms. The molecule has 1 aliphatic heterocycles. The maximum absolute atomic E-state index is 14.1. The number of nitrogens with one attached hydrogen (secondary N) is 9. The predicted molar refractivity (Wildman–Crippen MR) is 198 cm³/mol. The van der Waals surface area contributed by atoms with Gasteiger partial charge in [0.05, 0.1) is 12.0 Å². The largest absolute Gasteiger partial charge is 0.370 e. The fourth-order valence-corrected chi connectivity index (χ4v) is 5.74. The second kappa shape index (κ2) is 23.2. The molecule has 17 nitrogen and oxygen atoms in total. The summed E-state index contributed by atoms with van der Waals surface area (Å²) in [5.41, 5.74) is 6.60. The molecule has 4 atom stereocenters. The number of aromatic amines is 1. The molecule has 0 saturated carbocycles. The third kappa shape index (κ3) is 16.2. The van der Waals surface area contributed by atoms with Gasteiger partial charge < -0.3 is 47.9 Å². The van der Waals surface area contributed by atoms with Gasteiger partial charge in [-0.1, -0.05) is 50.1 Å². The van der Waals surface area contributed by atoms with E-state index >= 15 is 0 Å². The van der Waals surface area contributed by atoms with Gasteiger partial charge in [-0.3, -0.25) is 34.2 Å². The maximum atomic E-state index is 14.1. The molecule has 1 saturated heterocycles. The van der Waals surface area contributed by atoms with Gasteiger partial charge in [-0.15, -0.1) is 0 Å². The number of aromatic nitrogens is 2. The summed E-state index contributed by atoms with van der Waals surface area (Å²) in [7, 11) is 0. The standard InChI is InChI=1S/C36H55N11O6/c1-2-3-5-14-31(49)44-27-15-16-30(48)40-17-8-9-18-41-32(50)26(13-10-19-42-36(37)38)45-34(52)28(20-24-11-6-4-7-12-24)46-35(53)29(47-33(27)51)21-25-22-39-23-43-25/h4,6-7,11-12,22-23,26-29H,2-3,5,8-10,13-21H2,1H3,(H,39,43)(H,40,48)(H,41,50)(H,44,49)(H,45,52)(H,46,53)(H,47,51)(H4,37,38,42)/t26-,27-,28+,29-/m0/s1. The summed E-state index contributed by atoms with van der Waals surface area (Å²) in [6.07, 6.45) is 7.29. The topological polar surface area (TPSA) is 265 Å². The summed E-state index contributed by atoms with van der Waals surface area (Å²) in [6, 6.07) is 4.58. The Bertz CT molecular complexity index is 1490. The van der Waals surface area contributed by atoms with Crippen LogP contribution in [0.1, 0.15) is 82.4 Å². The maximum Gasteiger partial charge on any atom is 0.243 e. The minimum absolute atomic E-state index is 0.00759. The Kier molecular flexibility index (Phi) is 18.3. The second-order valence-corrected chi connectivity index (χ2v) is 13.1. The summed E-state index contributed by atoms with van der Waals surface area (Å²) in [4.78, 5) is 87.8. The Hall–Kier alpha value is -5.48. The van der Waals surface area contributed by atoms with E-state index in [0.717, 1.165) is 18.4 Å². The first-order chi connectivity index (χ1) is 25.5. The Morgan fingerprint density at radius 3 is 2.23 bits per heavy atom. The lowest BCUT2D eigenvalue weighted by atomic mass is 10.0. The Labute approximate surface area is 310 Å². The van der Waals surface area contributed by atoms with Crippen molar-refractivity contribution in [3.63, 3.8) is 0 Å². The summed E-state index contributed by atoms with van der Waals surface area (Å²) in [5.74, 6) is -3.24. The van der Waals surface area contributed by atoms with Gasteiger partial charge in [0.1, 0.15) is 24.2 Å². The van der Waals surface area contributed by atoms with Crippen LogP contribution < -0.4 is 43.0 Å². The van der Waals surface area contributed by atoms with Crippen molar-refractivity contribution >= 4 is 41.4 Å². The summed E-state index contributed by atoms with van der Waals surface area (Å²) < 4.78 is 0. The van der Waals surface area contributed by atoms with Crippen molar-refractivity contribution in [1.29, 1.82) is 5.41 Å². The van der Waals surface area contributed by atoms with Crippen LogP contribution in [0.3, 0.4) is 0 Å². The number of hydrogen-bond acceptors (Lipinski definition) is 8. The van der Waals surface area contributed by atoms with Crippen molar-refractivity contribution in [2.75, 3.05) is 19.6 Å². The molecule has 290 valence electrons. The van der Waals surface area contributed by atoms with Gasteiger partial charge in [-0.2, -0.15) is 0 Å². The number of amides is 6. The van der Waals surface area contributed by atoms with Gasteiger partial charge in [0.2, 0.25) is 35.4 Å². The zero-order valence-electron chi connectivity index (χ0n) is 30.4. The molecule has 1 fully saturated rings. The number of carbonyl (C=O) groups is 6. The van der Waals surface area contributed by atoms with Gasteiger partial charge in [-0.05, 0) is 44.1 Å². The normalized spacial score (nSPS) is 21.2. The van der Waals surface area contributed by atoms with Crippen LogP contribution >= 0.6 is 0 Å². The summed E-state index contributed by atoms with van der Waals surface area (Å²) in [6.45, 7) is 2.94. The SMILES string of the molecule is CCCCCC(=O)N[C@H]1CCC(=O)NCCCCNC(=O)[C@H](CCCNC(=N)N)NC(=O)[C@@H](Cc2ccccc2)NC(=O)[C@H](Cc2c[nH]cn2)NC1=O. The van der Waals surface area contributed by atoms with Gasteiger partial charge in [0, 0.05) is 51.5 Å². The number of rotatable bonds is 13. The van der Waals surface area contributed by atoms with Crippen molar-refractivity contribution in [3.05, 3.63) is 54.1 Å². The average molecular weight is 738 g/mol. The number of nitrogens with two attached hydrogens (primary N) is 1. The van der Waals surface area contributed by atoms with Crippen LogP contribution in [0, 0.1) is 5.41 Å². The zero-order chi connectivity index (χ0) is 38.4. The molecular formula is C36H55N11O6. The number of hydrogen-bond donors (Lipinski definition) is 10. The molecule has 11 N–H and O–H groups in total. The molecule has 1 aliphatic rings. The Morgan fingerprint density at radius 2 is 1.55 bits per heavy atom. The van der Waals surface area contributed by atoms with E-state index in [0.29, 0.717) is 44.5 Å². The minimum Gasteiger partial charge on any atom is -0.370 e. The number of guanidine groups is 1. The lowest BCUT2D eigenvalue weighted by Crippen LogP contribution is -2.59. The molecule has 2 heterocycles. The molecule has 3 rings (SSSR count). The van der Waals surface area contributed by atoms with E-state index in [9.17, 15) is 28.8 Å². The highest BCUT2D eigenvalue weighted by atomic mass is 16.2. The number of unbranched alkanes of at least 4 members (excludes halogenated alkanes) is 2. The van der Waals surface area contributed by atoms with Crippen LogP contribution in [0.5, 0.6) is 0 Å². The molecule has 1 aromatic heterocycles. The minimum atomic E-state index is -1.23. The highest BCUT2D eigenvalue weighted by Crippen LogP contribution is 2.09. The van der Waals surface area contributed by atoms with E-state index < -0.39 is 47.8 Å². The lowest BCUT2D eigenvalue weighted by molar-refractivity contribution is -0.135. The molecule has 2 aromatic rings. The first-order valence-electron chi connectivity index (χ1n) is 18.4. The van der Waals surface area contributed by atoms with E-state index in [-0.39, 0.29) is 62.8 Å². The lowest BCUT2D eigenvalue weighted by Gasteiger charge is -2.27. The second-order valence-electron chi connectivity index (χ2n) is 13.1. The van der Waals surface area contributed by atoms with Gasteiger partial charge in [-0.25, -0.2) is 4.98 Å². The quantitative estimate of drug-likeness (QED) is 0.0739. The van der Waals surface area contributed by atoms with Crippen molar-refractivity contribution in [2.45, 2.75) is 108 Å². The Morgan fingerprint density at radius 1 is 0.868 bits per heavy atom. The van der Waals surface area contributed by atoms with Gasteiger partial charge >= 0.3 is 0 Å². The van der Waals surface area contributed by atoms with Crippen LogP contribution in [0.4, 0.5) is 0 Å². The van der Waals surface area contributed by atoms with Crippen LogP contribution in [0.2, 0.25) is 0 Å². The van der Waals surface area contributed by atoms with Crippen molar-refractivity contribution in [1.82, 2.24) is 47.2 Å². The van der Waals surface area contributed by atoms with Gasteiger partial charge in [0.25, 0.3) is 0 Å². The fraction of sp³-hybridized carbons (Fsp3) is 0.556. The van der Waals surface area contributed by atoms with Crippen LogP contribution in [0.15, 0.2) is 42.9 Å². The third-order valence-electron chi connectivity index (χ3n) is 8.68. The number of imidazole rings is 1. The molecule has 1 aromatic carbocycles. The first-order valence-corrected chi connectivity index (χ1v) is 18.4. The molecule has 0 bridgehead atoms. The molecule has 0 unspecified atom stereocenters. The molecule has 0 aliphatic carbocycles. The Balaban J connectivity index is 1.93. The average Bonchev–Trinajstić information content (AvgIpc) is 3.65. The van der Waals surface area contributed by atoms with E-state index in [2.05, 4.69) is 47.2 Å². The van der Waals surface area contributed by atoms with Gasteiger partial charge in [0.15, 0.2) is 5.96 Å². The number of nitrogens with zero attached hydrogens (tertiary/aromatic N) is 1. The highest BCUT2D eigenvalue weighted by Gasteiger charge is 2.32. The number of carbonyl (C=O) groups excluding carboxylic acids is 6. The van der Waals surface area contributed by atoms with E-state index in [4.69, 9.17) is 11.1 Å². The fourth-order valence-electron chi connectivity index (χ4n) is 5.74. The smallest absolute Gasteiger partial charge is 0.243 e. The monoisotopic (exact) mass is 737 g/mol. The molecular weight excluding hydrogens is 682 g/mol. The summed E-state index contributed by atoms with van der Waals surface area (Å²) >= 11 is 0. The van der Waals surface area contributed by atoms with E-state index in [1.54, 1.807) is 30.5 Å². The van der Waals surface area contributed by atoms with Crippen LogP contribution in [-0.2, 0) is 41.6 Å². The van der Waals surface area contributed by atoms with Crippen molar-refractivity contribution in [3.8, 4) is 0 Å². The van der Waals surface area contributed by atoms with Crippen molar-refractivity contribution in [2.24, 2.45) is 5.73 Å². The summed E-state index contributed by atoms with van der Waals surface area (Å²) in [5, 5.41) is 26.8. The highest BCUT2D eigenvalue weighted by molar-refractivity contribution is 5.96. The number of H-pyrrole nitrogens is 1. The molecule has 53 heavy (non-hydrogen) atoms. The van der Waals surface area contributed by atoms with E-state index in [1.165, 1.54) is 6.33 Å². The predicted octanol–water partition coefficient (Wildman–Crippen LogP) is -0.216. The molecule has 6 amide bonds. The van der Waals surface area contributed by atoms with Crippen LogP contribution in [-0.4, -0.2) is 95.2 Å². The van der Waals surface area contributed by atoms with Crippen molar-refractivity contribution < 1.29 is 28.8 Å². The van der Waals surface area contributed by atoms with E-state index in [1.807, 2.05) is 13.0 Å². The first kappa shape index (κ1) is 41.9. The zero-order valence-corrected chi connectivity index (χ0v) is 30.4. The van der Waals surface area contributed by atoms with Crippen LogP contribution in [0.25, 0.3) is 0 Å². The molecule has 0 spiro atoms. The third-order valence-corrected chi connectivity index (χ3v) is 8.68.